The van der Waals surface area contributed by atoms with Crippen LogP contribution in [0.25, 0.3) is 5.65 Å². The lowest BCUT2D eigenvalue weighted by molar-refractivity contribution is 0.0526. The summed E-state index contributed by atoms with van der Waals surface area (Å²) >= 11 is 0. The molecule has 4 rings (SSSR count). The summed E-state index contributed by atoms with van der Waals surface area (Å²) in [6.45, 7) is 3.11. The molecule has 1 aliphatic rings. The second kappa shape index (κ2) is 7.78. The van der Waals surface area contributed by atoms with Gasteiger partial charge in [0.1, 0.15) is 0 Å². The van der Waals surface area contributed by atoms with Gasteiger partial charge in [-0.3, -0.25) is 9.89 Å². The van der Waals surface area contributed by atoms with E-state index in [0.29, 0.717) is 42.9 Å². The molecular weight excluding hydrogens is 374 g/mol. The van der Waals surface area contributed by atoms with Gasteiger partial charge in [0, 0.05) is 31.8 Å². The third-order valence-corrected chi connectivity index (χ3v) is 4.89. The number of amides is 2. The Morgan fingerprint density at radius 2 is 2.03 bits per heavy atom. The molecule has 2 amide bonds. The Balaban J connectivity index is 1.40. The largest absolute Gasteiger partial charge is 0.462 e. The van der Waals surface area contributed by atoms with Gasteiger partial charge >= 0.3 is 12.0 Å². The molecule has 150 valence electrons. The molecule has 3 heterocycles. The van der Waals surface area contributed by atoms with Crippen molar-refractivity contribution in [3.63, 3.8) is 0 Å². The van der Waals surface area contributed by atoms with Crippen LogP contribution in [0.5, 0.6) is 0 Å². The number of carbonyl (C=O) groups excluding carboxylic acids is 2. The molecule has 3 aromatic rings. The molecule has 0 unspecified atom stereocenters. The van der Waals surface area contributed by atoms with Crippen molar-refractivity contribution in [1.82, 2.24) is 24.8 Å². The summed E-state index contributed by atoms with van der Waals surface area (Å²) in [5, 5.41) is 5.70. The van der Waals surface area contributed by atoms with E-state index in [2.05, 4.69) is 15.4 Å². The zero-order valence-corrected chi connectivity index (χ0v) is 16.0. The summed E-state index contributed by atoms with van der Waals surface area (Å²) in [7, 11) is 0. The molecule has 9 heteroatoms. The minimum atomic E-state index is -0.369. The number of urea groups is 1. The molecule has 0 fully saturated rings. The third kappa shape index (κ3) is 3.71. The van der Waals surface area contributed by atoms with Gasteiger partial charge in [0.25, 0.3) is 5.56 Å². The van der Waals surface area contributed by atoms with Crippen LogP contribution in [0.1, 0.15) is 34.1 Å². The first-order valence-corrected chi connectivity index (χ1v) is 9.43. The third-order valence-electron chi connectivity index (χ3n) is 4.89. The smallest absolute Gasteiger partial charge is 0.338 e. The van der Waals surface area contributed by atoms with Gasteiger partial charge in [-0.25, -0.2) is 19.1 Å². The highest BCUT2D eigenvalue weighted by molar-refractivity contribution is 5.89. The Bertz CT molecular complexity index is 1120. The van der Waals surface area contributed by atoms with Crippen LogP contribution in [-0.2, 0) is 24.2 Å². The van der Waals surface area contributed by atoms with E-state index >= 15 is 0 Å². The van der Waals surface area contributed by atoms with E-state index in [0.717, 1.165) is 11.3 Å². The van der Waals surface area contributed by atoms with Crippen LogP contribution in [0.2, 0.25) is 0 Å². The average molecular weight is 395 g/mol. The number of carbonyl (C=O) groups is 2. The number of fused-ring (bicyclic) bond motifs is 2. The topological polar surface area (TPSA) is 109 Å². The van der Waals surface area contributed by atoms with Gasteiger partial charge in [0.2, 0.25) is 0 Å². The van der Waals surface area contributed by atoms with Crippen LogP contribution >= 0.6 is 0 Å². The number of ether oxygens (including phenoxy) is 1. The Labute approximate surface area is 166 Å². The molecular formula is C20H21N5O4. The summed E-state index contributed by atoms with van der Waals surface area (Å²) in [4.78, 5) is 43.0. The number of rotatable bonds is 4. The number of nitrogens with zero attached hydrogens (tertiary/aromatic N) is 3. The number of nitrogens with one attached hydrogen (secondary N) is 2. The maximum Gasteiger partial charge on any atom is 0.338 e. The molecule has 9 nitrogen and oxygen atoms in total. The van der Waals surface area contributed by atoms with Crippen molar-refractivity contribution in [2.75, 3.05) is 13.2 Å². The number of esters is 1. The molecule has 0 bridgehead atoms. The minimum Gasteiger partial charge on any atom is -0.462 e. The van der Waals surface area contributed by atoms with Crippen molar-refractivity contribution >= 4 is 17.6 Å². The summed E-state index contributed by atoms with van der Waals surface area (Å²) in [6.07, 6.45) is 2.20. The predicted octanol–water partition coefficient (Wildman–Crippen LogP) is 1.47. The first kappa shape index (κ1) is 18.7. The lowest BCUT2D eigenvalue weighted by Gasteiger charge is -2.27. The zero-order chi connectivity index (χ0) is 20.4. The summed E-state index contributed by atoms with van der Waals surface area (Å²) in [5.74, 6) is -0.369. The predicted molar refractivity (Wildman–Crippen MR) is 105 cm³/mol. The van der Waals surface area contributed by atoms with Gasteiger partial charge in [-0.15, -0.1) is 0 Å². The fourth-order valence-electron chi connectivity index (χ4n) is 3.35. The van der Waals surface area contributed by atoms with Crippen molar-refractivity contribution in [3.8, 4) is 0 Å². The van der Waals surface area contributed by atoms with Gasteiger partial charge in [0.05, 0.1) is 30.0 Å². The summed E-state index contributed by atoms with van der Waals surface area (Å²) in [6, 6.07) is 8.39. The summed E-state index contributed by atoms with van der Waals surface area (Å²) < 4.78 is 6.34. The maximum atomic E-state index is 12.6. The Morgan fingerprint density at radius 1 is 1.24 bits per heavy atom. The molecule has 1 aromatic carbocycles. The van der Waals surface area contributed by atoms with E-state index in [4.69, 9.17) is 4.74 Å². The fraction of sp³-hybridized carbons (Fsp3) is 0.300. The monoisotopic (exact) mass is 395 g/mol. The zero-order valence-electron chi connectivity index (χ0n) is 16.0. The Morgan fingerprint density at radius 3 is 2.79 bits per heavy atom. The van der Waals surface area contributed by atoms with Crippen LogP contribution in [0, 0.1) is 0 Å². The first-order chi connectivity index (χ1) is 14.1. The van der Waals surface area contributed by atoms with Crippen molar-refractivity contribution in [2.24, 2.45) is 0 Å². The van der Waals surface area contributed by atoms with E-state index in [1.54, 1.807) is 48.4 Å². The fourth-order valence-corrected chi connectivity index (χ4v) is 3.35. The van der Waals surface area contributed by atoms with E-state index in [1.807, 2.05) is 0 Å². The number of hydrogen-bond donors (Lipinski definition) is 2. The second-order valence-corrected chi connectivity index (χ2v) is 6.75. The van der Waals surface area contributed by atoms with E-state index in [-0.39, 0.29) is 24.1 Å². The minimum absolute atomic E-state index is 0.179. The average Bonchev–Trinajstić information content (AvgIpc) is 3.21. The number of aromatic nitrogens is 3. The Kier molecular flexibility index (Phi) is 5.03. The maximum absolute atomic E-state index is 12.6. The SMILES string of the molecule is CCOC(=O)c1ccc(CNC(=O)N2CCc3nc4cc[nH]n4c(=O)c3C2)cc1. The molecule has 0 aliphatic carbocycles. The van der Waals surface area contributed by atoms with Crippen LogP contribution in [0.3, 0.4) is 0 Å². The molecule has 0 saturated carbocycles. The molecule has 0 radical (unpaired) electrons. The van der Waals surface area contributed by atoms with Gasteiger partial charge in [-0.1, -0.05) is 12.1 Å². The van der Waals surface area contributed by atoms with Crippen LogP contribution in [0.4, 0.5) is 4.79 Å². The molecule has 1 aliphatic heterocycles. The summed E-state index contributed by atoms with van der Waals surface area (Å²) in [5.41, 5.74) is 3.01. The molecule has 0 saturated heterocycles. The number of benzene rings is 1. The number of hydrogen-bond acceptors (Lipinski definition) is 5. The quantitative estimate of drug-likeness (QED) is 0.650. The van der Waals surface area contributed by atoms with Gasteiger partial charge in [0.15, 0.2) is 5.65 Å². The number of aromatic amines is 1. The molecule has 0 atom stereocenters. The van der Waals surface area contributed by atoms with Crippen molar-refractivity contribution in [1.29, 1.82) is 0 Å². The van der Waals surface area contributed by atoms with Crippen molar-refractivity contribution < 1.29 is 14.3 Å². The normalized spacial score (nSPS) is 13.2. The first-order valence-electron chi connectivity index (χ1n) is 9.43. The molecule has 2 aromatic heterocycles. The highest BCUT2D eigenvalue weighted by Gasteiger charge is 2.25. The van der Waals surface area contributed by atoms with Gasteiger partial charge in [-0.05, 0) is 24.6 Å². The molecule has 2 N–H and O–H groups in total. The highest BCUT2D eigenvalue weighted by Crippen LogP contribution is 2.15. The van der Waals surface area contributed by atoms with E-state index in [1.165, 1.54) is 4.52 Å². The number of H-pyrrole nitrogens is 1. The van der Waals surface area contributed by atoms with E-state index in [9.17, 15) is 14.4 Å². The Hall–Kier alpha value is -3.62. The molecule has 0 spiro atoms. The van der Waals surface area contributed by atoms with Gasteiger partial charge < -0.3 is 15.0 Å². The van der Waals surface area contributed by atoms with Crippen LogP contribution < -0.4 is 10.9 Å². The second-order valence-electron chi connectivity index (χ2n) is 6.75. The highest BCUT2D eigenvalue weighted by atomic mass is 16.5. The van der Waals surface area contributed by atoms with Gasteiger partial charge in [-0.2, -0.15) is 0 Å². The molecule has 29 heavy (non-hydrogen) atoms. The standard InChI is InChI=1S/C20H21N5O4/c1-2-29-19(27)14-5-3-13(4-6-14)11-21-20(28)24-10-8-16-15(12-24)18(26)25-17(23-16)7-9-22-25/h3-7,9,22H,2,8,10-12H2,1H3,(H,21,28). The van der Waals surface area contributed by atoms with E-state index < -0.39 is 0 Å². The van der Waals surface area contributed by atoms with Crippen LogP contribution in [0.15, 0.2) is 41.3 Å². The van der Waals surface area contributed by atoms with Crippen molar-refractivity contribution in [3.05, 3.63) is 69.3 Å². The van der Waals surface area contributed by atoms with Crippen molar-refractivity contribution in [2.45, 2.75) is 26.4 Å². The van der Waals surface area contributed by atoms with Crippen LogP contribution in [-0.4, -0.2) is 44.7 Å². The lowest BCUT2D eigenvalue weighted by atomic mass is 10.1. The lowest BCUT2D eigenvalue weighted by Crippen LogP contribution is -2.44.